The molecule has 0 bridgehead atoms. The summed E-state index contributed by atoms with van der Waals surface area (Å²) in [5, 5.41) is 43.2. The predicted molar refractivity (Wildman–Crippen MR) is 90.5 cm³/mol. The predicted octanol–water partition coefficient (Wildman–Crippen LogP) is 2.92. The van der Waals surface area contributed by atoms with E-state index in [0.717, 1.165) is 11.6 Å². The molecule has 0 spiro atoms. The highest BCUT2D eigenvalue weighted by atomic mass is 16.8. The van der Waals surface area contributed by atoms with E-state index in [4.69, 9.17) is 4.74 Å². The standard InChI is InChI=1S/C15H16N4O5/c1-10(11-3-6-13(24-2)7-4-11)16-17-14-8-5-12(18(20)21)9-15(14)19(22)23/h3-9,17,22-23H,1-2H3/q-2/b16-10+. The van der Waals surface area contributed by atoms with Crippen molar-refractivity contribution in [2.24, 2.45) is 5.10 Å². The van der Waals surface area contributed by atoms with Crippen LogP contribution in [0.1, 0.15) is 12.5 Å². The zero-order valence-electron chi connectivity index (χ0n) is 13.0. The van der Waals surface area contributed by atoms with Crippen molar-refractivity contribution < 1.29 is 15.2 Å². The third-order valence-electron chi connectivity index (χ3n) is 3.26. The highest BCUT2D eigenvalue weighted by Gasteiger charge is 2.08. The molecule has 2 aromatic rings. The summed E-state index contributed by atoms with van der Waals surface area (Å²) in [4.78, 5) is 0. The molecule has 128 valence electrons. The first-order chi connectivity index (χ1) is 11.4. The zero-order valence-corrected chi connectivity index (χ0v) is 13.0. The van der Waals surface area contributed by atoms with Crippen molar-refractivity contribution in [3.05, 3.63) is 58.4 Å². The third-order valence-corrected chi connectivity index (χ3v) is 3.26. The van der Waals surface area contributed by atoms with Crippen molar-refractivity contribution in [2.45, 2.75) is 6.92 Å². The topological polar surface area (TPSA) is 127 Å². The maximum Gasteiger partial charge on any atom is 0.121 e. The van der Waals surface area contributed by atoms with E-state index in [2.05, 4.69) is 10.5 Å². The number of nitrogens with one attached hydrogen (secondary N) is 1. The number of rotatable bonds is 6. The summed E-state index contributed by atoms with van der Waals surface area (Å²) in [5.74, 6) is 0.716. The minimum atomic E-state index is -0.636. The first-order valence-corrected chi connectivity index (χ1v) is 6.83. The quantitative estimate of drug-likeness (QED) is 0.544. The lowest BCUT2D eigenvalue weighted by Crippen LogP contribution is -2.14. The Labute approximate surface area is 138 Å². The molecule has 9 nitrogen and oxygen atoms in total. The molecule has 2 rings (SSSR count). The van der Waals surface area contributed by atoms with Crippen molar-refractivity contribution in [2.75, 3.05) is 23.0 Å². The first kappa shape index (κ1) is 17.5. The Balaban J connectivity index is 2.23. The molecule has 0 heterocycles. The number of hydrogen-bond donors (Lipinski definition) is 3. The highest BCUT2D eigenvalue weighted by molar-refractivity contribution is 5.99. The van der Waals surface area contributed by atoms with E-state index in [1.54, 1.807) is 26.2 Å². The van der Waals surface area contributed by atoms with Crippen LogP contribution in [0.3, 0.4) is 0 Å². The molecule has 0 aromatic heterocycles. The molecule has 9 heteroatoms. The highest BCUT2D eigenvalue weighted by Crippen LogP contribution is 2.29. The molecule has 0 fully saturated rings. The van der Waals surface area contributed by atoms with Crippen molar-refractivity contribution in [3.8, 4) is 5.75 Å². The van der Waals surface area contributed by atoms with Gasteiger partial charge in [0.15, 0.2) is 0 Å². The van der Waals surface area contributed by atoms with E-state index < -0.39 is 5.23 Å². The van der Waals surface area contributed by atoms with Gasteiger partial charge < -0.3 is 20.4 Å². The molecule has 0 amide bonds. The normalized spacial score (nSPS) is 11.2. The Hall–Kier alpha value is -2.85. The Morgan fingerprint density at radius 1 is 1.12 bits per heavy atom. The van der Waals surface area contributed by atoms with Gasteiger partial charge >= 0.3 is 0 Å². The lowest BCUT2D eigenvalue weighted by Gasteiger charge is -2.37. The minimum Gasteiger partial charge on any atom is -0.769 e. The van der Waals surface area contributed by atoms with Crippen LogP contribution in [0.25, 0.3) is 0 Å². The van der Waals surface area contributed by atoms with Crippen LogP contribution in [0.5, 0.6) is 5.75 Å². The summed E-state index contributed by atoms with van der Waals surface area (Å²) < 4.78 is 5.08. The van der Waals surface area contributed by atoms with Crippen LogP contribution in [-0.4, -0.2) is 23.2 Å². The van der Waals surface area contributed by atoms with E-state index in [0.29, 0.717) is 11.5 Å². The molecular weight excluding hydrogens is 316 g/mol. The molecule has 0 saturated heterocycles. The molecular formula is C15H16N4O5-2. The summed E-state index contributed by atoms with van der Waals surface area (Å²) in [5.41, 5.74) is 3.84. The van der Waals surface area contributed by atoms with Crippen LogP contribution in [0.15, 0.2) is 47.6 Å². The summed E-state index contributed by atoms with van der Waals surface area (Å²) in [7, 11) is 1.57. The summed E-state index contributed by atoms with van der Waals surface area (Å²) >= 11 is 0. The molecule has 0 aliphatic carbocycles. The van der Waals surface area contributed by atoms with Gasteiger partial charge in [0.2, 0.25) is 0 Å². The largest absolute Gasteiger partial charge is 0.769 e. The van der Waals surface area contributed by atoms with E-state index in [-0.39, 0.29) is 22.3 Å². The van der Waals surface area contributed by atoms with Gasteiger partial charge in [0.05, 0.1) is 18.5 Å². The number of hydrogen-bond acceptors (Lipinski definition) is 9. The Bertz CT molecular complexity index is 716. The maximum atomic E-state index is 10.8. The van der Waals surface area contributed by atoms with Crippen LogP contribution < -0.4 is 20.6 Å². The van der Waals surface area contributed by atoms with Gasteiger partial charge in [0.1, 0.15) is 11.4 Å². The average Bonchev–Trinajstić information content (AvgIpc) is 2.59. The van der Waals surface area contributed by atoms with Gasteiger partial charge in [-0.25, -0.2) is 0 Å². The monoisotopic (exact) mass is 332 g/mol. The number of anilines is 3. The fraction of sp³-hybridized carbons (Fsp3) is 0.133. The van der Waals surface area contributed by atoms with Crippen molar-refractivity contribution in [1.29, 1.82) is 0 Å². The van der Waals surface area contributed by atoms with Crippen LogP contribution in [0.2, 0.25) is 0 Å². The van der Waals surface area contributed by atoms with E-state index >= 15 is 0 Å². The van der Waals surface area contributed by atoms with Gasteiger partial charge in [-0.1, -0.05) is 0 Å². The molecule has 0 aliphatic rings. The Morgan fingerprint density at radius 3 is 2.33 bits per heavy atom. The second-order valence-corrected chi connectivity index (χ2v) is 4.79. The van der Waals surface area contributed by atoms with E-state index in [9.17, 15) is 20.8 Å². The SMILES string of the molecule is COc1ccc(/C(C)=N/Nc2ccc(N([O-])[O-])cc2N(O)O)cc1. The smallest absolute Gasteiger partial charge is 0.121 e. The molecule has 0 unspecified atom stereocenters. The van der Waals surface area contributed by atoms with Crippen LogP contribution in [0, 0.1) is 10.4 Å². The zero-order chi connectivity index (χ0) is 17.7. The second kappa shape index (κ2) is 7.62. The van der Waals surface area contributed by atoms with E-state index in [1.165, 1.54) is 12.1 Å². The molecule has 0 saturated carbocycles. The molecule has 3 N–H and O–H groups in total. The van der Waals surface area contributed by atoms with Gasteiger partial charge in [-0.3, -0.25) is 15.8 Å². The molecule has 0 aliphatic heterocycles. The number of methoxy groups -OCH3 is 1. The first-order valence-electron chi connectivity index (χ1n) is 6.83. The Kier molecular flexibility index (Phi) is 5.55. The van der Waals surface area contributed by atoms with Crippen LogP contribution in [-0.2, 0) is 0 Å². The number of hydrazone groups is 1. The van der Waals surface area contributed by atoms with Gasteiger partial charge in [-0.15, -0.1) is 5.23 Å². The van der Waals surface area contributed by atoms with Gasteiger partial charge in [-0.2, -0.15) is 5.10 Å². The summed E-state index contributed by atoms with van der Waals surface area (Å²) in [6.07, 6.45) is 0. The average molecular weight is 332 g/mol. The lowest BCUT2D eigenvalue weighted by molar-refractivity contribution is 0.0295. The minimum absolute atomic E-state index is 0.193. The van der Waals surface area contributed by atoms with Gasteiger partial charge in [-0.05, 0) is 55.0 Å². The maximum absolute atomic E-state index is 10.8. The number of ether oxygens (including phenoxy) is 1. The number of benzene rings is 2. The fourth-order valence-corrected chi connectivity index (χ4v) is 1.93. The summed E-state index contributed by atoms with van der Waals surface area (Å²) in [6.45, 7) is 1.76. The van der Waals surface area contributed by atoms with Gasteiger partial charge in [0, 0.05) is 5.69 Å². The number of nitrogens with zero attached hydrogens (tertiary/aromatic N) is 3. The van der Waals surface area contributed by atoms with Crippen LogP contribution >= 0.6 is 0 Å². The molecule has 0 atom stereocenters. The molecule has 24 heavy (non-hydrogen) atoms. The Morgan fingerprint density at radius 2 is 1.79 bits per heavy atom. The molecule has 0 radical (unpaired) electrons. The van der Waals surface area contributed by atoms with Crippen molar-refractivity contribution in [3.63, 3.8) is 0 Å². The van der Waals surface area contributed by atoms with Crippen molar-refractivity contribution in [1.82, 2.24) is 0 Å². The lowest BCUT2D eigenvalue weighted by atomic mass is 10.1. The second-order valence-electron chi connectivity index (χ2n) is 4.79. The third kappa shape index (κ3) is 4.12. The summed E-state index contributed by atoms with van der Waals surface area (Å²) in [6, 6.07) is 10.8. The van der Waals surface area contributed by atoms with Crippen LogP contribution in [0.4, 0.5) is 17.1 Å². The fourth-order valence-electron chi connectivity index (χ4n) is 1.93. The van der Waals surface area contributed by atoms with E-state index in [1.807, 2.05) is 12.1 Å². The van der Waals surface area contributed by atoms with Crippen molar-refractivity contribution >= 4 is 22.8 Å². The van der Waals surface area contributed by atoms with Gasteiger partial charge in [0.25, 0.3) is 0 Å². The molecule has 2 aromatic carbocycles.